The smallest absolute Gasteiger partial charge is 0.307 e. The summed E-state index contributed by atoms with van der Waals surface area (Å²) in [5.41, 5.74) is 1.49. The second-order valence-corrected chi connectivity index (χ2v) is 6.62. The fraction of sp³-hybridized carbons (Fsp3) is 0.579. The number of rotatable bonds is 7. The first-order valence-corrected chi connectivity index (χ1v) is 8.70. The standard InChI is InChI=1S/C19H27NO3/c1-2-3-4-14-5-9-16(10-6-14)19(23)20-17-11-7-15(8-12-17)13-18(21)22/h7-8,11-12,14,16H,2-6,9-10,13H2,1H3,(H,20,23)(H,21,22). The van der Waals surface area contributed by atoms with Crippen LogP contribution in [0.5, 0.6) is 0 Å². The molecule has 0 radical (unpaired) electrons. The van der Waals surface area contributed by atoms with E-state index in [1.165, 1.54) is 19.3 Å². The number of unbranched alkanes of at least 4 members (excludes halogenated alkanes) is 1. The van der Waals surface area contributed by atoms with Crippen molar-refractivity contribution in [2.75, 3.05) is 5.32 Å². The van der Waals surface area contributed by atoms with Gasteiger partial charge in [-0.3, -0.25) is 9.59 Å². The number of amides is 1. The van der Waals surface area contributed by atoms with Crippen LogP contribution in [0.3, 0.4) is 0 Å². The molecule has 1 aromatic rings. The zero-order valence-electron chi connectivity index (χ0n) is 13.9. The van der Waals surface area contributed by atoms with Crippen molar-refractivity contribution in [1.82, 2.24) is 0 Å². The average molecular weight is 317 g/mol. The van der Waals surface area contributed by atoms with Crippen molar-refractivity contribution in [3.05, 3.63) is 29.8 Å². The van der Waals surface area contributed by atoms with Crippen LogP contribution in [-0.4, -0.2) is 17.0 Å². The fourth-order valence-corrected chi connectivity index (χ4v) is 3.33. The Kier molecular flexibility index (Phi) is 6.63. The largest absolute Gasteiger partial charge is 0.481 e. The maximum Gasteiger partial charge on any atom is 0.307 e. The molecule has 2 rings (SSSR count). The van der Waals surface area contributed by atoms with Crippen molar-refractivity contribution in [3.63, 3.8) is 0 Å². The maximum atomic E-state index is 12.3. The Balaban J connectivity index is 1.79. The molecule has 126 valence electrons. The summed E-state index contributed by atoms with van der Waals surface area (Å²) in [5.74, 6) is 0.174. The van der Waals surface area contributed by atoms with Crippen molar-refractivity contribution in [3.8, 4) is 0 Å². The molecule has 0 aliphatic heterocycles. The molecule has 0 spiro atoms. The minimum absolute atomic E-state index is 0.00992. The molecule has 0 bridgehead atoms. The Morgan fingerprint density at radius 2 is 1.78 bits per heavy atom. The molecule has 0 saturated heterocycles. The van der Waals surface area contributed by atoms with Gasteiger partial charge in [0.25, 0.3) is 0 Å². The van der Waals surface area contributed by atoms with Gasteiger partial charge in [0.1, 0.15) is 0 Å². The first-order valence-electron chi connectivity index (χ1n) is 8.70. The van der Waals surface area contributed by atoms with Gasteiger partial charge in [0, 0.05) is 11.6 Å². The zero-order chi connectivity index (χ0) is 16.7. The van der Waals surface area contributed by atoms with E-state index in [1.807, 2.05) is 0 Å². The summed E-state index contributed by atoms with van der Waals surface area (Å²) < 4.78 is 0. The normalized spacial score (nSPS) is 20.9. The van der Waals surface area contributed by atoms with Crippen LogP contribution in [0.15, 0.2) is 24.3 Å². The van der Waals surface area contributed by atoms with Crippen molar-refractivity contribution in [2.45, 2.75) is 58.3 Å². The third-order valence-electron chi connectivity index (χ3n) is 4.76. The molecule has 23 heavy (non-hydrogen) atoms. The number of hydrogen-bond donors (Lipinski definition) is 2. The van der Waals surface area contributed by atoms with Crippen LogP contribution in [0.25, 0.3) is 0 Å². The van der Waals surface area contributed by atoms with Crippen LogP contribution in [0, 0.1) is 11.8 Å². The molecule has 4 nitrogen and oxygen atoms in total. The molecule has 1 amide bonds. The monoisotopic (exact) mass is 317 g/mol. The van der Waals surface area contributed by atoms with E-state index in [4.69, 9.17) is 5.11 Å². The average Bonchev–Trinajstić information content (AvgIpc) is 2.54. The van der Waals surface area contributed by atoms with Crippen molar-refractivity contribution >= 4 is 17.6 Å². The van der Waals surface area contributed by atoms with Gasteiger partial charge in [-0.1, -0.05) is 38.3 Å². The van der Waals surface area contributed by atoms with Gasteiger partial charge in [-0.25, -0.2) is 0 Å². The summed E-state index contributed by atoms with van der Waals surface area (Å²) in [4.78, 5) is 23.0. The van der Waals surface area contributed by atoms with Crippen molar-refractivity contribution in [1.29, 1.82) is 0 Å². The first-order chi connectivity index (χ1) is 11.1. The summed E-state index contributed by atoms with van der Waals surface area (Å²) in [5, 5.41) is 11.7. The molecular weight excluding hydrogens is 290 g/mol. The summed E-state index contributed by atoms with van der Waals surface area (Å²) in [7, 11) is 0. The molecule has 0 atom stereocenters. The Hall–Kier alpha value is -1.84. The molecule has 1 aliphatic rings. The van der Waals surface area contributed by atoms with E-state index in [0.29, 0.717) is 0 Å². The Morgan fingerprint density at radius 3 is 2.35 bits per heavy atom. The Morgan fingerprint density at radius 1 is 1.13 bits per heavy atom. The predicted octanol–water partition coefficient (Wildman–Crippen LogP) is 4.25. The first kappa shape index (κ1) is 17.5. The van der Waals surface area contributed by atoms with Gasteiger partial charge in [-0.15, -0.1) is 0 Å². The van der Waals surface area contributed by atoms with Crippen LogP contribution in [0.4, 0.5) is 5.69 Å². The van der Waals surface area contributed by atoms with Crippen molar-refractivity contribution in [2.24, 2.45) is 11.8 Å². The van der Waals surface area contributed by atoms with Crippen LogP contribution in [-0.2, 0) is 16.0 Å². The molecule has 1 aliphatic carbocycles. The molecular formula is C19H27NO3. The van der Waals surface area contributed by atoms with Gasteiger partial charge >= 0.3 is 5.97 Å². The highest BCUT2D eigenvalue weighted by Crippen LogP contribution is 2.32. The van der Waals surface area contributed by atoms with Crippen LogP contribution >= 0.6 is 0 Å². The summed E-state index contributed by atoms with van der Waals surface area (Å²) >= 11 is 0. The van der Waals surface area contributed by atoms with Crippen LogP contribution < -0.4 is 5.32 Å². The summed E-state index contributed by atoms with van der Waals surface area (Å²) in [6.45, 7) is 2.22. The van der Waals surface area contributed by atoms with E-state index in [1.54, 1.807) is 24.3 Å². The second-order valence-electron chi connectivity index (χ2n) is 6.62. The molecule has 0 aromatic heterocycles. The molecule has 0 heterocycles. The van der Waals surface area contributed by atoms with Crippen LogP contribution in [0.1, 0.15) is 57.4 Å². The van der Waals surface area contributed by atoms with E-state index in [-0.39, 0.29) is 18.2 Å². The molecule has 0 unspecified atom stereocenters. The van der Waals surface area contributed by atoms with Gasteiger partial charge in [0.05, 0.1) is 6.42 Å². The zero-order valence-corrected chi connectivity index (χ0v) is 13.9. The van der Waals surface area contributed by atoms with E-state index < -0.39 is 5.97 Å². The Bertz CT molecular complexity index is 516. The van der Waals surface area contributed by atoms with Gasteiger partial charge in [-0.2, -0.15) is 0 Å². The lowest BCUT2D eigenvalue weighted by atomic mass is 9.79. The highest BCUT2D eigenvalue weighted by Gasteiger charge is 2.25. The number of carbonyl (C=O) groups excluding carboxylic acids is 1. The number of carboxylic acids is 1. The third kappa shape index (κ3) is 5.70. The number of nitrogens with one attached hydrogen (secondary N) is 1. The highest BCUT2D eigenvalue weighted by molar-refractivity contribution is 5.92. The van der Waals surface area contributed by atoms with Gasteiger partial charge < -0.3 is 10.4 Å². The number of anilines is 1. The minimum atomic E-state index is -0.846. The van der Waals surface area contributed by atoms with Gasteiger partial charge in [-0.05, 0) is 49.3 Å². The minimum Gasteiger partial charge on any atom is -0.481 e. The molecule has 1 saturated carbocycles. The quantitative estimate of drug-likeness (QED) is 0.790. The highest BCUT2D eigenvalue weighted by atomic mass is 16.4. The van der Waals surface area contributed by atoms with Gasteiger partial charge in [0.2, 0.25) is 5.91 Å². The molecule has 1 aromatic carbocycles. The van der Waals surface area contributed by atoms with E-state index >= 15 is 0 Å². The van der Waals surface area contributed by atoms with E-state index in [0.717, 1.165) is 42.9 Å². The third-order valence-corrected chi connectivity index (χ3v) is 4.76. The number of benzene rings is 1. The second kappa shape index (κ2) is 8.70. The van der Waals surface area contributed by atoms with E-state index in [2.05, 4.69) is 12.2 Å². The summed E-state index contributed by atoms with van der Waals surface area (Å²) in [6, 6.07) is 7.07. The fourth-order valence-electron chi connectivity index (χ4n) is 3.33. The van der Waals surface area contributed by atoms with Crippen molar-refractivity contribution < 1.29 is 14.7 Å². The SMILES string of the molecule is CCCCC1CCC(C(=O)Nc2ccc(CC(=O)O)cc2)CC1. The maximum absolute atomic E-state index is 12.3. The number of carbonyl (C=O) groups is 2. The lowest BCUT2D eigenvalue weighted by Gasteiger charge is -2.27. The number of aliphatic carboxylic acids is 1. The number of carboxylic acid groups (broad SMARTS) is 1. The van der Waals surface area contributed by atoms with Crippen LogP contribution in [0.2, 0.25) is 0 Å². The lowest BCUT2D eigenvalue weighted by molar-refractivity contribution is -0.136. The number of hydrogen-bond acceptors (Lipinski definition) is 2. The predicted molar refractivity (Wildman–Crippen MR) is 91.4 cm³/mol. The topological polar surface area (TPSA) is 66.4 Å². The van der Waals surface area contributed by atoms with E-state index in [9.17, 15) is 9.59 Å². The lowest BCUT2D eigenvalue weighted by Crippen LogP contribution is -2.27. The molecule has 1 fully saturated rings. The summed E-state index contributed by atoms with van der Waals surface area (Å²) in [6.07, 6.45) is 8.15. The molecule has 2 N–H and O–H groups in total. The van der Waals surface area contributed by atoms with Gasteiger partial charge in [0.15, 0.2) is 0 Å². The Labute approximate surface area is 138 Å². The molecule has 4 heteroatoms.